The maximum absolute atomic E-state index is 12.7. The predicted octanol–water partition coefficient (Wildman–Crippen LogP) is 4.18. The summed E-state index contributed by atoms with van der Waals surface area (Å²) in [7, 11) is 3.98. The third-order valence-corrected chi connectivity index (χ3v) is 5.88. The van der Waals surface area contributed by atoms with Gasteiger partial charge in [0.25, 0.3) is 0 Å². The van der Waals surface area contributed by atoms with Crippen molar-refractivity contribution in [1.82, 2.24) is 0 Å². The van der Waals surface area contributed by atoms with Crippen LogP contribution in [0.25, 0.3) is 6.08 Å². The summed E-state index contributed by atoms with van der Waals surface area (Å²) in [4.78, 5) is 28.2. The van der Waals surface area contributed by atoms with Crippen molar-refractivity contribution in [3.05, 3.63) is 65.2 Å². The van der Waals surface area contributed by atoms with Gasteiger partial charge in [-0.2, -0.15) is 5.10 Å². The van der Waals surface area contributed by atoms with Crippen molar-refractivity contribution in [1.29, 1.82) is 0 Å². The van der Waals surface area contributed by atoms with Gasteiger partial charge in [-0.1, -0.05) is 47.6 Å². The average molecular weight is 470 g/mol. The molecule has 9 heteroatoms. The highest BCUT2D eigenvalue weighted by atomic mass is 35.5. The zero-order valence-corrected chi connectivity index (χ0v) is 19.6. The van der Waals surface area contributed by atoms with E-state index in [4.69, 9.17) is 17.3 Å². The number of thioether (sulfide) groups is 1. The van der Waals surface area contributed by atoms with Gasteiger partial charge >= 0.3 is 0 Å². The fourth-order valence-corrected chi connectivity index (χ4v) is 4.01. The van der Waals surface area contributed by atoms with Crippen LogP contribution >= 0.6 is 23.4 Å². The Balaban J connectivity index is 1.61. The molecule has 1 aliphatic heterocycles. The van der Waals surface area contributed by atoms with E-state index in [1.807, 2.05) is 55.4 Å². The summed E-state index contributed by atoms with van der Waals surface area (Å²) < 4.78 is 0. The van der Waals surface area contributed by atoms with Gasteiger partial charge in [0, 0.05) is 31.2 Å². The van der Waals surface area contributed by atoms with Crippen LogP contribution in [-0.4, -0.2) is 42.0 Å². The molecule has 0 spiro atoms. The molecule has 32 heavy (non-hydrogen) atoms. The first-order valence-electron chi connectivity index (χ1n) is 9.87. The van der Waals surface area contributed by atoms with E-state index < -0.39 is 5.25 Å². The molecule has 0 aromatic heterocycles. The highest BCUT2D eigenvalue weighted by Crippen LogP contribution is 2.30. The van der Waals surface area contributed by atoms with Gasteiger partial charge in [0.15, 0.2) is 5.17 Å². The van der Waals surface area contributed by atoms with Crippen LogP contribution in [0.3, 0.4) is 0 Å². The molecule has 2 aromatic carbocycles. The number of rotatable bonds is 6. The third-order valence-electron chi connectivity index (χ3n) is 4.67. The first kappa shape index (κ1) is 23.6. The SMILES string of the molecule is CC(/C=C/c1ccc(N(C)C)cc1)=N/N=C(N)S[C@@H]1CC(=O)N(c2cccc(Cl)c2)C1=O. The predicted molar refractivity (Wildman–Crippen MR) is 134 cm³/mol. The number of nitrogens with two attached hydrogens (primary N) is 1. The lowest BCUT2D eigenvalue weighted by molar-refractivity contribution is -0.121. The second-order valence-corrected chi connectivity index (χ2v) is 9.02. The summed E-state index contributed by atoms with van der Waals surface area (Å²) in [5.74, 6) is -0.646. The van der Waals surface area contributed by atoms with E-state index in [2.05, 4.69) is 10.2 Å². The Morgan fingerprint density at radius 3 is 2.56 bits per heavy atom. The zero-order chi connectivity index (χ0) is 23.3. The van der Waals surface area contributed by atoms with Crippen molar-refractivity contribution in [3.8, 4) is 0 Å². The Morgan fingerprint density at radius 2 is 1.91 bits per heavy atom. The smallest absolute Gasteiger partial charge is 0.247 e. The average Bonchev–Trinajstić information content (AvgIpc) is 3.03. The highest BCUT2D eigenvalue weighted by molar-refractivity contribution is 8.14. The maximum Gasteiger partial charge on any atom is 0.247 e. The van der Waals surface area contributed by atoms with Crippen LogP contribution < -0.4 is 15.5 Å². The van der Waals surface area contributed by atoms with Crippen LogP contribution in [0.1, 0.15) is 18.9 Å². The minimum absolute atomic E-state index is 0.0395. The number of halogens is 1. The summed E-state index contributed by atoms with van der Waals surface area (Å²) in [6.07, 6.45) is 3.80. The number of nitrogens with zero attached hydrogens (tertiary/aromatic N) is 4. The Labute approximate surface area is 196 Å². The Kier molecular flexibility index (Phi) is 7.71. The zero-order valence-electron chi connectivity index (χ0n) is 18.0. The van der Waals surface area contributed by atoms with Crippen LogP contribution in [0, 0.1) is 0 Å². The van der Waals surface area contributed by atoms with Gasteiger partial charge in [-0.25, -0.2) is 4.90 Å². The third kappa shape index (κ3) is 5.99. The van der Waals surface area contributed by atoms with Crippen molar-refractivity contribution < 1.29 is 9.59 Å². The summed E-state index contributed by atoms with van der Waals surface area (Å²) in [5, 5.41) is 8.01. The summed E-state index contributed by atoms with van der Waals surface area (Å²) >= 11 is 7.01. The van der Waals surface area contributed by atoms with Gasteiger partial charge in [-0.3, -0.25) is 9.59 Å². The van der Waals surface area contributed by atoms with Crippen LogP contribution in [0.15, 0.2) is 64.8 Å². The fourth-order valence-electron chi connectivity index (χ4n) is 3.01. The minimum atomic E-state index is -0.647. The second kappa shape index (κ2) is 10.5. The maximum atomic E-state index is 12.7. The standard InChI is InChI=1S/C23H24ClN5O2S/c1-15(7-8-16-9-11-18(12-10-16)28(2)3)26-27-23(25)32-20-14-21(30)29(22(20)31)19-6-4-5-17(24)13-19/h4-13,20H,14H2,1-3H3,(H2,25,27)/b8-7+,26-15-/t20-/m1/s1. The molecule has 1 aliphatic rings. The number of hydrogen-bond donors (Lipinski definition) is 1. The number of amides is 2. The molecule has 1 atom stereocenters. The number of carbonyl (C=O) groups is 2. The van der Waals surface area contributed by atoms with E-state index in [0.29, 0.717) is 16.4 Å². The molecule has 3 rings (SSSR count). The number of amidine groups is 1. The van der Waals surface area contributed by atoms with E-state index in [-0.39, 0.29) is 23.4 Å². The number of imide groups is 1. The first-order valence-corrected chi connectivity index (χ1v) is 11.1. The molecule has 2 aromatic rings. The Hall–Kier alpha value is -3.10. The molecule has 0 saturated carbocycles. The van der Waals surface area contributed by atoms with Gasteiger partial charge in [0.05, 0.1) is 11.4 Å². The molecular formula is C23H24ClN5O2S. The molecule has 1 heterocycles. The minimum Gasteiger partial charge on any atom is -0.378 e. The number of allylic oxidation sites excluding steroid dienone is 1. The van der Waals surface area contributed by atoms with Gasteiger partial charge in [0.2, 0.25) is 11.8 Å². The van der Waals surface area contributed by atoms with Gasteiger partial charge in [-0.05, 0) is 48.9 Å². The molecule has 7 nitrogen and oxygen atoms in total. The Morgan fingerprint density at radius 1 is 1.19 bits per heavy atom. The van der Waals surface area contributed by atoms with E-state index in [1.54, 1.807) is 31.2 Å². The van der Waals surface area contributed by atoms with Crippen LogP contribution in [0.2, 0.25) is 5.02 Å². The summed E-state index contributed by atoms with van der Waals surface area (Å²) in [6, 6.07) is 14.7. The van der Waals surface area contributed by atoms with Crippen molar-refractivity contribution in [3.63, 3.8) is 0 Å². The van der Waals surface area contributed by atoms with E-state index in [1.165, 1.54) is 0 Å². The van der Waals surface area contributed by atoms with Crippen molar-refractivity contribution in [2.75, 3.05) is 23.9 Å². The van der Waals surface area contributed by atoms with Gasteiger partial charge in [-0.15, -0.1) is 5.10 Å². The van der Waals surface area contributed by atoms with Gasteiger partial charge < -0.3 is 10.6 Å². The summed E-state index contributed by atoms with van der Waals surface area (Å²) in [6.45, 7) is 1.80. The Bertz CT molecular complexity index is 1100. The molecular weight excluding hydrogens is 446 g/mol. The topological polar surface area (TPSA) is 91.4 Å². The summed E-state index contributed by atoms with van der Waals surface area (Å²) in [5.41, 5.74) is 9.20. The molecule has 0 bridgehead atoms. The molecule has 1 fully saturated rings. The van der Waals surface area contributed by atoms with E-state index in [9.17, 15) is 9.59 Å². The van der Waals surface area contributed by atoms with Crippen molar-refractivity contribution in [2.24, 2.45) is 15.9 Å². The normalized spacial score (nSPS) is 17.5. The van der Waals surface area contributed by atoms with E-state index in [0.717, 1.165) is 27.9 Å². The lowest BCUT2D eigenvalue weighted by atomic mass is 10.2. The van der Waals surface area contributed by atoms with Crippen molar-refractivity contribution in [2.45, 2.75) is 18.6 Å². The molecule has 0 radical (unpaired) electrons. The number of hydrogen-bond acceptors (Lipinski definition) is 6. The molecule has 2 amide bonds. The molecule has 0 unspecified atom stereocenters. The van der Waals surface area contributed by atoms with Crippen LogP contribution in [0.5, 0.6) is 0 Å². The van der Waals surface area contributed by atoms with Crippen LogP contribution in [-0.2, 0) is 9.59 Å². The van der Waals surface area contributed by atoms with Gasteiger partial charge in [0.1, 0.15) is 5.25 Å². The largest absolute Gasteiger partial charge is 0.378 e. The molecule has 1 saturated heterocycles. The molecule has 0 aliphatic carbocycles. The first-order chi connectivity index (χ1) is 15.2. The highest BCUT2D eigenvalue weighted by Gasteiger charge is 2.40. The number of anilines is 2. The second-order valence-electron chi connectivity index (χ2n) is 7.36. The lowest BCUT2D eigenvalue weighted by Crippen LogP contribution is -2.31. The monoisotopic (exact) mass is 469 g/mol. The van der Waals surface area contributed by atoms with E-state index >= 15 is 0 Å². The molecule has 2 N–H and O–H groups in total. The lowest BCUT2D eigenvalue weighted by Gasteiger charge is -2.14. The fraction of sp³-hybridized carbons (Fsp3) is 0.217. The number of benzene rings is 2. The van der Waals surface area contributed by atoms with Crippen LogP contribution in [0.4, 0.5) is 11.4 Å². The molecule has 166 valence electrons. The number of carbonyl (C=O) groups excluding carboxylic acids is 2. The van der Waals surface area contributed by atoms with Crippen molar-refractivity contribution >= 4 is 63.5 Å². The quantitative estimate of drug-likeness (QED) is 0.296.